The largest absolute Gasteiger partial charge is 0.368 e. The first-order chi connectivity index (χ1) is 12.5. The Hall–Kier alpha value is -2.60. The van der Waals surface area contributed by atoms with E-state index in [-0.39, 0.29) is 17.4 Å². The number of hydrogen-bond acceptors (Lipinski definition) is 3. The van der Waals surface area contributed by atoms with Crippen LogP contribution in [0, 0.1) is 5.82 Å². The van der Waals surface area contributed by atoms with Crippen molar-refractivity contribution in [3.8, 4) is 0 Å². The molecule has 0 saturated carbocycles. The first kappa shape index (κ1) is 18.2. The summed E-state index contributed by atoms with van der Waals surface area (Å²) in [6.45, 7) is 2.60. The summed E-state index contributed by atoms with van der Waals surface area (Å²) in [5.41, 5.74) is 1.49. The summed E-state index contributed by atoms with van der Waals surface area (Å²) in [5, 5.41) is 2.49. The molecule has 0 spiro atoms. The first-order valence-electron chi connectivity index (χ1n) is 8.35. The van der Waals surface area contributed by atoms with Crippen molar-refractivity contribution in [3.05, 3.63) is 59.4 Å². The van der Waals surface area contributed by atoms with Crippen LogP contribution in [0.15, 0.2) is 48.5 Å². The summed E-state index contributed by atoms with van der Waals surface area (Å²) in [7, 11) is 0. The molecule has 0 radical (unpaired) electrons. The van der Waals surface area contributed by atoms with Crippen LogP contribution in [-0.2, 0) is 9.59 Å². The molecule has 2 amide bonds. The third-order valence-electron chi connectivity index (χ3n) is 4.27. The van der Waals surface area contributed by atoms with E-state index < -0.39 is 11.7 Å². The van der Waals surface area contributed by atoms with Gasteiger partial charge in [0.2, 0.25) is 11.8 Å². The summed E-state index contributed by atoms with van der Waals surface area (Å²) >= 11 is 5.68. The summed E-state index contributed by atoms with van der Waals surface area (Å²) in [6.07, 6.45) is -0.250. The van der Waals surface area contributed by atoms with Gasteiger partial charge in [-0.3, -0.25) is 9.59 Å². The molecule has 26 heavy (non-hydrogen) atoms. The molecule has 1 saturated heterocycles. The van der Waals surface area contributed by atoms with Crippen LogP contribution in [0.2, 0.25) is 5.02 Å². The molecule has 2 aromatic carbocycles. The van der Waals surface area contributed by atoms with Crippen LogP contribution >= 0.6 is 11.6 Å². The lowest BCUT2D eigenvalue weighted by Gasteiger charge is -2.36. The Bertz CT molecular complexity index is 793. The van der Waals surface area contributed by atoms with Crippen LogP contribution in [0.25, 0.3) is 0 Å². The number of nitrogens with zero attached hydrogens (tertiary/aromatic N) is 2. The Kier molecular flexibility index (Phi) is 5.73. The number of benzene rings is 2. The summed E-state index contributed by atoms with van der Waals surface area (Å²) < 4.78 is 13.1. The van der Waals surface area contributed by atoms with E-state index in [0.717, 1.165) is 18.8 Å². The highest BCUT2D eigenvalue weighted by Crippen LogP contribution is 2.20. The molecule has 2 aromatic rings. The highest BCUT2D eigenvalue weighted by atomic mass is 35.5. The van der Waals surface area contributed by atoms with E-state index in [1.807, 2.05) is 30.3 Å². The van der Waals surface area contributed by atoms with Crippen molar-refractivity contribution in [1.82, 2.24) is 4.90 Å². The molecule has 3 rings (SSSR count). The average molecular weight is 376 g/mol. The molecule has 0 atom stereocenters. The van der Waals surface area contributed by atoms with E-state index in [2.05, 4.69) is 10.2 Å². The van der Waals surface area contributed by atoms with Crippen molar-refractivity contribution < 1.29 is 14.0 Å². The van der Waals surface area contributed by atoms with E-state index >= 15 is 0 Å². The molecule has 1 fully saturated rings. The van der Waals surface area contributed by atoms with E-state index in [4.69, 9.17) is 11.6 Å². The fourth-order valence-corrected chi connectivity index (χ4v) is 3.06. The zero-order chi connectivity index (χ0) is 18.5. The quantitative estimate of drug-likeness (QED) is 0.835. The van der Waals surface area contributed by atoms with Crippen LogP contribution in [-0.4, -0.2) is 42.9 Å². The minimum absolute atomic E-state index is 0.0776. The Morgan fingerprint density at radius 2 is 1.73 bits per heavy atom. The number of carbonyl (C=O) groups is 2. The minimum Gasteiger partial charge on any atom is -0.368 e. The molecule has 1 heterocycles. The normalized spacial score (nSPS) is 14.2. The van der Waals surface area contributed by atoms with Gasteiger partial charge in [0.1, 0.15) is 12.2 Å². The monoisotopic (exact) mass is 375 g/mol. The summed E-state index contributed by atoms with van der Waals surface area (Å²) in [5.74, 6) is -1.22. The third kappa shape index (κ3) is 4.52. The van der Waals surface area contributed by atoms with Gasteiger partial charge in [-0.05, 0) is 30.3 Å². The number of nitrogens with one attached hydrogen (secondary N) is 1. The van der Waals surface area contributed by atoms with E-state index in [0.29, 0.717) is 18.8 Å². The molecule has 0 bridgehead atoms. The van der Waals surface area contributed by atoms with Gasteiger partial charge >= 0.3 is 0 Å². The molecule has 0 aromatic heterocycles. The highest BCUT2D eigenvalue weighted by molar-refractivity contribution is 6.31. The fourth-order valence-electron chi connectivity index (χ4n) is 2.88. The molecule has 136 valence electrons. The van der Waals surface area contributed by atoms with Crippen molar-refractivity contribution in [1.29, 1.82) is 0 Å². The predicted molar refractivity (Wildman–Crippen MR) is 99.9 cm³/mol. The molecule has 1 aliphatic heterocycles. The van der Waals surface area contributed by atoms with Crippen LogP contribution < -0.4 is 10.2 Å². The number of piperazine rings is 1. The van der Waals surface area contributed by atoms with Gasteiger partial charge in [0.15, 0.2) is 0 Å². The standard InChI is InChI=1S/C19H19ClFN3O2/c20-16-12-14(6-7-17(16)21)22-18(25)13-19(26)24-10-8-23(9-11-24)15-4-2-1-3-5-15/h1-7,12H,8-11,13H2,(H,22,25). The fraction of sp³-hybridized carbons (Fsp3) is 0.263. The Labute approximate surface area is 156 Å². The number of rotatable bonds is 4. The van der Waals surface area contributed by atoms with Gasteiger partial charge in [0.05, 0.1) is 5.02 Å². The van der Waals surface area contributed by atoms with Gasteiger partial charge in [0.25, 0.3) is 0 Å². The van der Waals surface area contributed by atoms with E-state index in [9.17, 15) is 14.0 Å². The van der Waals surface area contributed by atoms with Crippen molar-refractivity contribution in [2.45, 2.75) is 6.42 Å². The lowest BCUT2D eigenvalue weighted by molar-refractivity contribution is -0.134. The highest BCUT2D eigenvalue weighted by Gasteiger charge is 2.23. The molecule has 5 nitrogen and oxygen atoms in total. The maximum atomic E-state index is 13.1. The maximum absolute atomic E-state index is 13.1. The third-order valence-corrected chi connectivity index (χ3v) is 4.56. The lowest BCUT2D eigenvalue weighted by atomic mass is 10.2. The number of carbonyl (C=O) groups excluding carboxylic acids is 2. The number of halogens is 2. The Balaban J connectivity index is 1.49. The smallest absolute Gasteiger partial charge is 0.233 e. The van der Waals surface area contributed by atoms with Crippen molar-refractivity contribution >= 4 is 34.8 Å². The molecule has 0 unspecified atom stereocenters. The number of hydrogen-bond donors (Lipinski definition) is 1. The molecule has 1 N–H and O–H groups in total. The van der Waals surface area contributed by atoms with Gasteiger partial charge in [-0.1, -0.05) is 29.8 Å². The minimum atomic E-state index is -0.558. The van der Waals surface area contributed by atoms with Gasteiger partial charge in [-0.2, -0.15) is 0 Å². The van der Waals surface area contributed by atoms with Gasteiger partial charge in [-0.15, -0.1) is 0 Å². The Morgan fingerprint density at radius 3 is 2.38 bits per heavy atom. The molecule has 1 aliphatic rings. The van der Waals surface area contributed by atoms with Gasteiger partial charge < -0.3 is 15.1 Å². The predicted octanol–water partition coefficient (Wildman–Crippen LogP) is 3.16. The second kappa shape index (κ2) is 8.19. The maximum Gasteiger partial charge on any atom is 0.233 e. The molecule has 7 heteroatoms. The number of anilines is 2. The van der Waals surface area contributed by atoms with E-state index in [1.54, 1.807) is 4.90 Å². The van der Waals surface area contributed by atoms with Crippen LogP contribution in [0.1, 0.15) is 6.42 Å². The van der Waals surface area contributed by atoms with Crippen LogP contribution in [0.3, 0.4) is 0 Å². The summed E-state index contributed by atoms with van der Waals surface area (Å²) in [6, 6.07) is 13.9. The van der Waals surface area contributed by atoms with Gasteiger partial charge in [-0.25, -0.2) is 4.39 Å². The Morgan fingerprint density at radius 1 is 1.04 bits per heavy atom. The van der Waals surface area contributed by atoms with Crippen molar-refractivity contribution in [2.24, 2.45) is 0 Å². The van der Waals surface area contributed by atoms with Crippen LogP contribution in [0.4, 0.5) is 15.8 Å². The SMILES string of the molecule is O=C(CC(=O)N1CCN(c2ccccc2)CC1)Nc1ccc(F)c(Cl)c1. The average Bonchev–Trinajstić information content (AvgIpc) is 2.65. The lowest BCUT2D eigenvalue weighted by Crippen LogP contribution is -2.49. The first-order valence-corrected chi connectivity index (χ1v) is 8.73. The molecule has 0 aliphatic carbocycles. The summed E-state index contributed by atoms with van der Waals surface area (Å²) in [4.78, 5) is 28.3. The molecular formula is C19H19ClFN3O2. The zero-order valence-corrected chi connectivity index (χ0v) is 14.9. The topological polar surface area (TPSA) is 52.7 Å². The van der Waals surface area contributed by atoms with Crippen molar-refractivity contribution in [2.75, 3.05) is 36.4 Å². The van der Waals surface area contributed by atoms with Gasteiger partial charge in [0, 0.05) is 37.6 Å². The van der Waals surface area contributed by atoms with E-state index in [1.165, 1.54) is 18.2 Å². The zero-order valence-electron chi connectivity index (χ0n) is 14.1. The molecular weight excluding hydrogens is 357 g/mol. The number of para-hydroxylation sites is 1. The second-order valence-electron chi connectivity index (χ2n) is 6.06. The number of amides is 2. The van der Waals surface area contributed by atoms with Crippen LogP contribution in [0.5, 0.6) is 0 Å². The second-order valence-corrected chi connectivity index (χ2v) is 6.46. The van der Waals surface area contributed by atoms with Crippen molar-refractivity contribution in [3.63, 3.8) is 0 Å².